The zero-order valence-corrected chi connectivity index (χ0v) is 17.9. The number of nitrogens with one attached hydrogen (secondary N) is 1. The molecular formula is C23H32N4O2. The lowest BCUT2D eigenvalue weighted by atomic mass is 10.2. The van der Waals surface area contributed by atoms with Crippen molar-refractivity contribution >= 4 is 17.6 Å². The van der Waals surface area contributed by atoms with Gasteiger partial charge in [0.2, 0.25) is 5.91 Å². The molecule has 3 rings (SSSR count). The van der Waals surface area contributed by atoms with E-state index in [1.165, 1.54) is 0 Å². The monoisotopic (exact) mass is 396 g/mol. The SMILES string of the molecule is CC[C@@H](C)N(CC(=O)N(Cc1cccn1C)C1CC1)C(=O)Nc1ccccc1C. The van der Waals surface area contributed by atoms with Gasteiger partial charge in [-0.15, -0.1) is 0 Å². The standard InChI is InChI=1S/C23H32N4O2/c1-5-18(3)26(23(29)24-21-11-7-6-9-17(21)2)16-22(28)27(19-12-13-19)15-20-10-8-14-25(20)4/h6-11,14,18-19H,5,12-13,15-16H2,1-4H3,(H,24,29)/t18-/m1/s1. The van der Waals surface area contributed by atoms with Crippen molar-refractivity contribution in [3.05, 3.63) is 53.9 Å². The molecule has 0 unspecified atom stereocenters. The normalized spacial score (nSPS) is 14.3. The minimum atomic E-state index is -0.225. The van der Waals surface area contributed by atoms with Gasteiger partial charge in [-0.3, -0.25) is 4.79 Å². The van der Waals surface area contributed by atoms with Gasteiger partial charge in [0.1, 0.15) is 6.54 Å². The van der Waals surface area contributed by atoms with Crippen molar-refractivity contribution in [2.24, 2.45) is 7.05 Å². The van der Waals surface area contributed by atoms with Crippen LogP contribution in [0.5, 0.6) is 0 Å². The third kappa shape index (κ3) is 5.19. The van der Waals surface area contributed by atoms with Gasteiger partial charge in [-0.2, -0.15) is 0 Å². The number of para-hydroxylation sites is 1. The summed E-state index contributed by atoms with van der Waals surface area (Å²) in [6.07, 6.45) is 4.85. The maximum atomic E-state index is 13.2. The molecule has 1 N–H and O–H groups in total. The molecule has 1 aromatic carbocycles. The van der Waals surface area contributed by atoms with E-state index >= 15 is 0 Å². The van der Waals surface area contributed by atoms with Crippen LogP contribution in [0.4, 0.5) is 10.5 Å². The lowest BCUT2D eigenvalue weighted by molar-refractivity contribution is -0.133. The van der Waals surface area contributed by atoms with Gasteiger partial charge >= 0.3 is 6.03 Å². The summed E-state index contributed by atoms with van der Waals surface area (Å²) in [6, 6.07) is 11.8. The number of urea groups is 1. The molecule has 0 saturated heterocycles. The molecule has 1 atom stereocenters. The van der Waals surface area contributed by atoms with Crippen molar-refractivity contribution in [3.63, 3.8) is 0 Å². The van der Waals surface area contributed by atoms with Crippen LogP contribution in [0.3, 0.4) is 0 Å². The fraction of sp³-hybridized carbons (Fsp3) is 0.478. The van der Waals surface area contributed by atoms with Gasteiger partial charge < -0.3 is 19.7 Å². The number of nitrogens with zero attached hydrogens (tertiary/aromatic N) is 3. The fourth-order valence-corrected chi connectivity index (χ4v) is 3.43. The molecule has 0 spiro atoms. The molecule has 6 heteroatoms. The molecule has 6 nitrogen and oxygen atoms in total. The fourth-order valence-electron chi connectivity index (χ4n) is 3.43. The Morgan fingerprint density at radius 2 is 1.93 bits per heavy atom. The predicted octanol–water partition coefficient (Wildman–Crippen LogP) is 4.16. The highest BCUT2D eigenvalue weighted by atomic mass is 16.2. The maximum Gasteiger partial charge on any atom is 0.322 e. The van der Waals surface area contributed by atoms with Gasteiger partial charge in [0.05, 0.1) is 6.54 Å². The number of hydrogen-bond donors (Lipinski definition) is 1. The summed E-state index contributed by atoms with van der Waals surface area (Å²) in [6.45, 7) is 6.66. The zero-order chi connectivity index (χ0) is 21.0. The molecule has 0 radical (unpaired) electrons. The van der Waals surface area contributed by atoms with E-state index in [2.05, 4.69) is 5.32 Å². The van der Waals surface area contributed by atoms with Crippen molar-refractivity contribution in [2.75, 3.05) is 11.9 Å². The Bertz CT molecular complexity index is 856. The molecular weight excluding hydrogens is 364 g/mol. The first-order valence-electron chi connectivity index (χ1n) is 10.4. The van der Waals surface area contributed by atoms with Crippen molar-refractivity contribution in [1.82, 2.24) is 14.4 Å². The number of carbonyl (C=O) groups excluding carboxylic acids is 2. The third-order valence-corrected chi connectivity index (χ3v) is 5.77. The van der Waals surface area contributed by atoms with Crippen LogP contribution >= 0.6 is 0 Å². The summed E-state index contributed by atoms with van der Waals surface area (Å²) in [4.78, 5) is 29.8. The van der Waals surface area contributed by atoms with Crippen molar-refractivity contribution in [1.29, 1.82) is 0 Å². The number of rotatable bonds is 8. The molecule has 1 aliphatic rings. The predicted molar refractivity (Wildman–Crippen MR) is 116 cm³/mol. The van der Waals surface area contributed by atoms with Gasteiger partial charge in [0, 0.05) is 36.7 Å². The summed E-state index contributed by atoms with van der Waals surface area (Å²) in [5, 5.41) is 2.98. The van der Waals surface area contributed by atoms with Gasteiger partial charge in [-0.05, 0) is 56.9 Å². The number of benzene rings is 1. The minimum absolute atomic E-state index is 0.00827. The quantitative estimate of drug-likeness (QED) is 0.728. The van der Waals surface area contributed by atoms with E-state index < -0.39 is 0 Å². The Morgan fingerprint density at radius 1 is 1.21 bits per heavy atom. The molecule has 0 aliphatic heterocycles. The number of amides is 3. The zero-order valence-electron chi connectivity index (χ0n) is 17.9. The summed E-state index contributed by atoms with van der Waals surface area (Å²) in [7, 11) is 1.99. The smallest absolute Gasteiger partial charge is 0.322 e. The van der Waals surface area contributed by atoms with Crippen molar-refractivity contribution in [3.8, 4) is 0 Å². The molecule has 29 heavy (non-hydrogen) atoms. The van der Waals surface area contributed by atoms with Crippen molar-refractivity contribution in [2.45, 2.75) is 58.7 Å². The first kappa shape index (κ1) is 21.0. The molecule has 0 bridgehead atoms. The Kier molecular flexibility index (Phi) is 6.62. The summed E-state index contributed by atoms with van der Waals surface area (Å²) < 4.78 is 2.04. The Hall–Kier alpha value is -2.76. The molecule has 1 fully saturated rings. The number of aryl methyl sites for hydroxylation is 2. The average Bonchev–Trinajstić information content (AvgIpc) is 3.47. The van der Waals surface area contributed by atoms with Gasteiger partial charge in [0.25, 0.3) is 0 Å². The van der Waals surface area contributed by atoms with E-state index in [0.29, 0.717) is 6.54 Å². The average molecular weight is 397 g/mol. The van der Waals surface area contributed by atoms with Crippen LogP contribution in [0.25, 0.3) is 0 Å². The van der Waals surface area contributed by atoms with Crippen LogP contribution in [0.1, 0.15) is 44.4 Å². The highest BCUT2D eigenvalue weighted by Crippen LogP contribution is 2.29. The van der Waals surface area contributed by atoms with E-state index in [1.807, 2.05) is 79.9 Å². The van der Waals surface area contributed by atoms with Crippen LogP contribution in [0.2, 0.25) is 0 Å². The second kappa shape index (κ2) is 9.16. The molecule has 3 amide bonds. The molecule has 2 aromatic rings. The second-order valence-corrected chi connectivity index (χ2v) is 7.99. The maximum absolute atomic E-state index is 13.2. The van der Waals surface area contributed by atoms with Crippen LogP contribution < -0.4 is 5.32 Å². The van der Waals surface area contributed by atoms with Crippen molar-refractivity contribution < 1.29 is 9.59 Å². The highest BCUT2D eigenvalue weighted by Gasteiger charge is 2.34. The lowest BCUT2D eigenvalue weighted by Gasteiger charge is -2.31. The Balaban J connectivity index is 1.72. The number of carbonyl (C=O) groups is 2. The summed E-state index contributed by atoms with van der Waals surface area (Å²) >= 11 is 0. The largest absolute Gasteiger partial charge is 0.353 e. The Labute approximate surface area is 173 Å². The third-order valence-electron chi connectivity index (χ3n) is 5.77. The number of anilines is 1. The van der Waals surface area contributed by atoms with Crippen LogP contribution in [-0.4, -0.2) is 44.9 Å². The molecule has 156 valence electrons. The first-order chi connectivity index (χ1) is 13.9. The van der Waals surface area contributed by atoms with E-state index in [9.17, 15) is 9.59 Å². The van der Waals surface area contributed by atoms with Crippen LogP contribution in [0, 0.1) is 6.92 Å². The first-order valence-corrected chi connectivity index (χ1v) is 10.4. The van der Waals surface area contributed by atoms with Gasteiger partial charge in [0.15, 0.2) is 0 Å². The van der Waals surface area contributed by atoms with Crippen LogP contribution in [-0.2, 0) is 18.4 Å². The summed E-state index contributed by atoms with van der Waals surface area (Å²) in [5.74, 6) is 0.00827. The lowest BCUT2D eigenvalue weighted by Crippen LogP contribution is -2.48. The topological polar surface area (TPSA) is 57.6 Å². The van der Waals surface area contributed by atoms with E-state index in [1.54, 1.807) is 4.90 Å². The van der Waals surface area contributed by atoms with Gasteiger partial charge in [-0.25, -0.2) is 4.79 Å². The highest BCUT2D eigenvalue weighted by molar-refractivity contribution is 5.93. The molecule has 1 aliphatic carbocycles. The summed E-state index contributed by atoms with van der Waals surface area (Å²) in [5.41, 5.74) is 2.88. The Morgan fingerprint density at radius 3 is 2.52 bits per heavy atom. The van der Waals surface area contributed by atoms with E-state index in [4.69, 9.17) is 0 Å². The molecule has 1 heterocycles. The number of hydrogen-bond acceptors (Lipinski definition) is 2. The number of aromatic nitrogens is 1. The second-order valence-electron chi connectivity index (χ2n) is 7.99. The van der Waals surface area contributed by atoms with Crippen LogP contribution in [0.15, 0.2) is 42.6 Å². The van der Waals surface area contributed by atoms with E-state index in [-0.39, 0.29) is 30.6 Å². The molecule has 1 aromatic heterocycles. The minimum Gasteiger partial charge on any atom is -0.353 e. The van der Waals surface area contributed by atoms with E-state index in [0.717, 1.165) is 36.2 Å². The van der Waals surface area contributed by atoms with Gasteiger partial charge in [-0.1, -0.05) is 25.1 Å². The molecule has 1 saturated carbocycles.